The van der Waals surface area contributed by atoms with Crippen LogP contribution in [0.15, 0.2) is 4.42 Å². The number of carbonyl (C=O) groups excluding carboxylic acids is 1. The zero-order valence-corrected chi connectivity index (χ0v) is 14.6. The van der Waals surface area contributed by atoms with Gasteiger partial charge in [-0.15, -0.1) is 5.10 Å². The van der Waals surface area contributed by atoms with Gasteiger partial charge in [0.2, 0.25) is 11.8 Å². The molecule has 0 radical (unpaired) electrons. The SMILES string of the molecule is CN(C)C(=O)C[C@H]1CN2C[C@H](Nc3nnc(CC(F)(F)F)o3)C[C@H]2CO1. The van der Waals surface area contributed by atoms with Crippen molar-refractivity contribution in [1.29, 1.82) is 0 Å². The van der Waals surface area contributed by atoms with E-state index in [9.17, 15) is 18.0 Å². The summed E-state index contributed by atoms with van der Waals surface area (Å²) in [6.07, 6.45) is -4.68. The Balaban J connectivity index is 1.50. The molecule has 1 N–H and O–H groups in total. The molecule has 3 atom stereocenters. The molecule has 2 fully saturated rings. The highest BCUT2D eigenvalue weighted by Crippen LogP contribution is 2.27. The van der Waals surface area contributed by atoms with Gasteiger partial charge in [-0.25, -0.2) is 0 Å². The third-order valence-corrected chi connectivity index (χ3v) is 4.54. The van der Waals surface area contributed by atoms with Crippen molar-refractivity contribution in [2.24, 2.45) is 0 Å². The zero-order chi connectivity index (χ0) is 18.9. The number of morpholine rings is 1. The minimum Gasteiger partial charge on any atom is -0.408 e. The molecule has 0 unspecified atom stereocenters. The van der Waals surface area contributed by atoms with Gasteiger partial charge in [0.1, 0.15) is 6.42 Å². The molecule has 2 saturated heterocycles. The molecule has 8 nitrogen and oxygen atoms in total. The third-order valence-electron chi connectivity index (χ3n) is 4.54. The number of halogens is 3. The number of ether oxygens (including phenoxy) is 1. The van der Waals surface area contributed by atoms with E-state index in [0.717, 1.165) is 6.42 Å². The highest BCUT2D eigenvalue weighted by molar-refractivity contribution is 5.76. The van der Waals surface area contributed by atoms with Crippen LogP contribution in [0, 0.1) is 0 Å². The van der Waals surface area contributed by atoms with Crippen LogP contribution < -0.4 is 5.32 Å². The first-order valence-electron chi connectivity index (χ1n) is 8.41. The molecular formula is C15H22F3N5O3. The van der Waals surface area contributed by atoms with Crippen molar-refractivity contribution in [1.82, 2.24) is 20.0 Å². The van der Waals surface area contributed by atoms with Gasteiger partial charge < -0.3 is 19.4 Å². The van der Waals surface area contributed by atoms with E-state index in [1.807, 2.05) is 0 Å². The van der Waals surface area contributed by atoms with Crippen molar-refractivity contribution < 1.29 is 27.1 Å². The maximum absolute atomic E-state index is 12.3. The van der Waals surface area contributed by atoms with Crippen molar-refractivity contribution >= 4 is 11.9 Å². The number of nitrogens with zero attached hydrogens (tertiary/aromatic N) is 4. The fourth-order valence-electron chi connectivity index (χ4n) is 3.28. The van der Waals surface area contributed by atoms with Crippen molar-refractivity contribution in [2.45, 2.75) is 43.6 Å². The molecule has 146 valence electrons. The van der Waals surface area contributed by atoms with Crippen LogP contribution in [-0.4, -0.2) is 84.1 Å². The Morgan fingerprint density at radius 3 is 2.81 bits per heavy atom. The molecule has 3 rings (SSSR count). The van der Waals surface area contributed by atoms with Crippen molar-refractivity contribution in [3.63, 3.8) is 0 Å². The predicted molar refractivity (Wildman–Crippen MR) is 84.5 cm³/mol. The average Bonchev–Trinajstić information content (AvgIpc) is 3.11. The van der Waals surface area contributed by atoms with E-state index in [0.29, 0.717) is 26.1 Å². The molecule has 0 bridgehead atoms. The molecule has 0 aliphatic carbocycles. The van der Waals surface area contributed by atoms with Crippen LogP contribution in [0.25, 0.3) is 0 Å². The summed E-state index contributed by atoms with van der Waals surface area (Å²) in [5.74, 6) is -0.438. The molecule has 1 aromatic rings. The second-order valence-electron chi connectivity index (χ2n) is 6.93. The average molecular weight is 377 g/mol. The number of anilines is 1. The van der Waals surface area contributed by atoms with Crippen LogP contribution >= 0.6 is 0 Å². The zero-order valence-electron chi connectivity index (χ0n) is 14.6. The van der Waals surface area contributed by atoms with Crippen LogP contribution in [0.4, 0.5) is 19.2 Å². The second kappa shape index (κ2) is 7.39. The van der Waals surface area contributed by atoms with Crippen LogP contribution in [0.2, 0.25) is 0 Å². The second-order valence-corrected chi connectivity index (χ2v) is 6.93. The van der Waals surface area contributed by atoms with Crippen LogP contribution in [0.5, 0.6) is 0 Å². The van der Waals surface area contributed by atoms with E-state index in [2.05, 4.69) is 20.4 Å². The summed E-state index contributed by atoms with van der Waals surface area (Å²) < 4.78 is 47.8. The van der Waals surface area contributed by atoms with Crippen LogP contribution in [-0.2, 0) is 16.0 Å². The predicted octanol–water partition coefficient (Wildman–Crippen LogP) is 0.906. The lowest BCUT2D eigenvalue weighted by Gasteiger charge is -2.35. The number of hydrogen-bond acceptors (Lipinski definition) is 7. The highest BCUT2D eigenvalue weighted by Gasteiger charge is 2.38. The maximum atomic E-state index is 12.3. The first-order valence-corrected chi connectivity index (χ1v) is 8.41. The highest BCUT2D eigenvalue weighted by atomic mass is 19.4. The Hall–Kier alpha value is -1.88. The smallest absolute Gasteiger partial charge is 0.397 e. The van der Waals surface area contributed by atoms with Crippen LogP contribution in [0.3, 0.4) is 0 Å². The van der Waals surface area contributed by atoms with Crippen molar-refractivity contribution in [2.75, 3.05) is 39.1 Å². The minimum atomic E-state index is -4.38. The first-order chi connectivity index (χ1) is 12.2. The van der Waals surface area contributed by atoms with E-state index >= 15 is 0 Å². The molecule has 1 aromatic heterocycles. The van der Waals surface area contributed by atoms with Gasteiger partial charge in [0.15, 0.2) is 0 Å². The van der Waals surface area contributed by atoms with E-state index in [1.54, 1.807) is 14.1 Å². The lowest BCUT2D eigenvalue weighted by atomic mass is 10.1. The summed E-state index contributed by atoms with van der Waals surface area (Å²) in [5, 5.41) is 10.0. The van der Waals surface area contributed by atoms with E-state index in [4.69, 9.17) is 9.15 Å². The van der Waals surface area contributed by atoms with Gasteiger partial charge in [-0.3, -0.25) is 9.69 Å². The Kier molecular flexibility index (Phi) is 5.37. The monoisotopic (exact) mass is 377 g/mol. The number of nitrogens with one attached hydrogen (secondary N) is 1. The van der Waals surface area contributed by atoms with Gasteiger partial charge in [0.05, 0.1) is 19.1 Å². The molecule has 11 heteroatoms. The molecule has 2 aliphatic rings. The standard InChI is InChI=1S/C15H22F3N5O3/c1-22(2)13(24)4-11-7-23-6-9(3-10(23)8-25-11)19-14-21-20-12(26-14)5-15(16,17)18/h9-11H,3-8H2,1-2H3,(H,19,21)/t9-,10+,11+/m1/s1. The number of aromatic nitrogens is 2. The van der Waals surface area contributed by atoms with Gasteiger partial charge in [0.25, 0.3) is 0 Å². The largest absolute Gasteiger partial charge is 0.408 e. The number of fused-ring (bicyclic) bond motifs is 1. The fraction of sp³-hybridized carbons (Fsp3) is 0.800. The molecule has 0 saturated carbocycles. The Morgan fingerprint density at radius 1 is 1.35 bits per heavy atom. The number of alkyl halides is 3. The third kappa shape index (κ3) is 4.85. The van der Waals surface area contributed by atoms with E-state index < -0.39 is 18.5 Å². The molecule has 3 heterocycles. The molecule has 0 spiro atoms. The van der Waals surface area contributed by atoms with E-state index in [-0.39, 0.29) is 30.1 Å². The van der Waals surface area contributed by atoms with Gasteiger partial charge in [-0.2, -0.15) is 13.2 Å². The van der Waals surface area contributed by atoms with Gasteiger partial charge in [0, 0.05) is 39.3 Å². The summed E-state index contributed by atoms with van der Waals surface area (Å²) in [6.45, 7) is 1.84. The fourth-order valence-corrected chi connectivity index (χ4v) is 3.28. The van der Waals surface area contributed by atoms with Crippen molar-refractivity contribution in [3.8, 4) is 0 Å². The summed E-state index contributed by atoms with van der Waals surface area (Å²) in [5.41, 5.74) is 0. The Labute approximate surface area is 148 Å². The van der Waals surface area contributed by atoms with Gasteiger partial charge >= 0.3 is 12.2 Å². The molecule has 1 amide bonds. The maximum Gasteiger partial charge on any atom is 0.397 e. The van der Waals surface area contributed by atoms with Gasteiger partial charge in [-0.05, 0) is 6.42 Å². The van der Waals surface area contributed by atoms with Gasteiger partial charge in [-0.1, -0.05) is 5.10 Å². The van der Waals surface area contributed by atoms with Crippen molar-refractivity contribution in [3.05, 3.63) is 5.89 Å². The molecule has 26 heavy (non-hydrogen) atoms. The lowest BCUT2D eigenvalue weighted by Crippen LogP contribution is -2.47. The number of carbonyl (C=O) groups is 1. The summed E-state index contributed by atoms with van der Waals surface area (Å²) in [7, 11) is 3.42. The first kappa shape index (κ1) is 18.9. The quantitative estimate of drug-likeness (QED) is 0.816. The number of amides is 1. The number of rotatable bonds is 5. The Bertz CT molecular complexity index is 636. The topological polar surface area (TPSA) is 83.7 Å². The summed E-state index contributed by atoms with van der Waals surface area (Å²) in [6, 6.07) is 0.177. The molecular weight excluding hydrogens is 355 g/mol. The number of hydrogen-bond donors (Lipinski definition) is 1. The van der Waals surface area contributed by atoms with E-state index in [1.165, 1.54) is 4.90 Å². The summed E-state index contributed by atoms with van der Waals surface area (Å²) >= 11 is 0. The summed E-state index contributed by atoms with van der Waals surface area (Å²) in [4.78, 5) is 15.6. The Morgan fingerprint density at radius 2 is 2.12 bits per heavy atom. The van der Waals surface area contributed by atoms with Crippen LogP contribution in [0.1, 0.15) is 18.7 Å². The lowest BCUT2D eigenvalue weighted by molar-refractivity contribution is -0.134. The molecule has 0 aromatic carbocycles. The minimum absolute atomic E-state index is 0.00523. The molecule has 2 aliphatic heterocycles. The normalized spacial score (nSPS) is 26.6.